The Balaban J connectivity index is 1.34. The van der Waals surface area contributed by atoms with Gasteiger partial charge in [0.05, 0.1) is 4.88 Å². The van der Waals surface area contributed by atoms with Gasteiger partial charge in [-0.25, -0.2) is 19.3 Å². The highest BCUT2D eigenvalue weighted by Crippen LogP contribution is 2.31. The van der Waals surface area contributed by atoms with Crippen molar-refractivity contribution in [2.24, 2.45) is 0 Å². The number of piperazine rings is 1. The first-order valence-corrected chi connectivity index (χ1v) is 12.5. The van der Waals surface area contributed by atoms with E-state index in [1.54, 1.807) is 6.20 Å². The van der Waals surface area contributed by atoms with Gasteiger partial charge in [-0.15, -0.1) is 0 Å². The van der Waals surface area contributed by atoms with Gasteiger partial charge in [0.2, 0.25) is 0 Å². The second kappa shape index (κ2) is 10.4. The molecule has 0 atom stereocenters. The number of halogens is 1. The fourth-order valence-corrected chi connectivity index (χ4v) is 4.99. The van der Waals surface area contributed by atoms with Gasteiger partial charge >= 0.3 is 0 Å². The fourth-order valence-electron chi connectivity index (χ4n) is 4.31. The molecule has 7 nitrogen and oxygen atoms in total. The van der Waals surface area contributed by atoms with Crippen LogP contribution >= 0.6 is 11.3 Å². The van der Waals surface area contributed by atoms with E-state index in [1.165, 1.54) is 11.3 Å². The molecule has 4 heterocycles. The van der Waals surface area contributed by atoms with Crippen LogP contribution in [0.3, 0.4) is 0 Å². The van der Waals surface area contributed by atoms with Crippen LogP contribution in [-0.4, -0.2) is 59.3 Å². The Bertz CT molecular complexity index is 1340. The van der Waals surface area contributed by atoms with Gasteiger partial charge in [0, 0.05) is 68.0 Å². The van der Waals surface area contributed by atoms with Gasteiger partial charge in [-0.1, -0.05) is 29.5 Å². The number of nitrogens with zero attached hydrogens (tertiary/aromatic N) is 5. The van der Waals surface area contributed by atoms with Crippen molar-refractivity contribution in [3.63, 3.8) is 0 Å². The van der Waals surface area contributed by atoms with Crippen molar-refractivity contribution in [3.05, 3.63) is 66.6 Å². The normalized spacial score (nSPS) is 15.0. The summed E-state index contributed by atoms with van der Waals surface area (Å²) < 4.78 is 12.6. The Kier molecular flexibility index (Phi) is 6.87. The molecule has 4 aromatic rings. The zero-order chi connectivity index (χ0) is 24.2. The largest absolute Gasteiger partial charge is 0.375 e. The van der Waals surface area contributed by atoms with E-state index in [2.05, 4.69) is 60.4 Å². The molecule has 1 aliphatic rings. The van der Waals surface area contributed by atoms with Crippen molar-refractivity contribution in [2.75, 3.05) is 55.3 Å². The van der Waals surface area contributed by atoms with Gasteiger partial charge in [0.25, 0.3) is 0 Å². The molecular formula is C26H28FN7S. The van der Waals surface area contributed by atoms with Crippen molar-refractivity contribution in [3.8, 4) is 10.4 Å². The number of anilines is 3. The molecule has 180 valence electrons. The van der Waals surface area contributed by atoms with Gasteiger partial charge in [-0.3, -0.25) is 4.90 Å². The number of rotatable bonds is 7. The molecule has 5 rings (SSSR count). The lowest BCUT2D eigenvalue weighted by Crippen LogP contribution is -2.47. The highest BCUT2D eigenvalue weighted by molar-refractivity contribution is 7.18. The maximum atomic E-state index is 12.6. The summed E-state index contributed by atoms with van der Waals surface area (Å²) >= 11 is 1.48. The van der Waals surface area contributed by atoms with E-state index in [-0.39, 0.29) is 6.67 Å². The Hall–Kier alpha value is -3.56. The van der Waals surface area contributed by atoms with Gasteiger partial charge in [-0.2, -0.15) is 0 Å². The van der Waals surface area contributed by atoms with Crippen LogP contribution in [0.1, 0.15) is 12.5 Å². The van der Waals surface area contributed by atoms with Crippen LogP contribution in [0.4, 0.5) is 21.2 Å². The first kappa shape index (κ1) is 23.2. The maximum absolute atomic E-state index is 12.6. The zero-order valence-corrected chi connectivity index (χ0v) is 20.4. The minimum Gasteiger partial charge on any atom is -0.375 e. The molecule has 3 N–H and O–H groups in total. The number of allylic oxidation sites excluding steroid dienone is 1. The smallest absolute Gasteiger partial charge is 0.180 e. The summed E-state index contributed by atoms with van der Waals surface area (Å²) in [5, 5.41) is 6.20. The van der Waals surface area contributed by atoms with E-state index in [4.69, 9.17) is 5.73 Å². The van der Waals surface area contributed by atoms with E-state index in [9.17, 15) is 4.39 Å². The molecular weight excluding hydrogens is 461 g/mol. The van der Waals surface area contributed by atoms with Gasteiger partial charge in [0.1, 0.15) is 18.3 Å². The number of benzene rings is 1. The van der Waals surface area contributed by atoms with Crippen LogP contribution in [-0.2, 0) is 0 Å². The number of alkyl halides is 1. The second-order valence-electron chi connectivity index (χ2n) is 8.44. The summed E-state index contributed by atoms with van der Waals surface area (Å²) in [6.45, 7) is 5.60. The van der Waals surface area contributed by atoms with Crippen LogP contribution < -0.4 is 16.0 Å². The number of hydrogen-bond acceptors (Lipinski definition) is 8. The minimum absolute atomic E-state index is 0.298. The van der Waals surface area contributed by atoms with Crippen LogP contribution in [0.5, 0.6) is 0 Å². The third kappa shape index (κ3) is 5.26. The molecule has 0 aliphatic carbocycles. The highest BCUT2D eigenvalue weighted by atomic mass is 32.1. The molecule has 0 unspecified atom stereocenters. The van der Waals surface area contributed by atoms with Crippen molar-refractivity contribution < 1.29 is 4.39 Å². The zero-order valence-electron chi connectivity index (χ0n) is 19.6. The molecule has 1 aromatic carbocycles. The SMILES string of the molecule is C/C=C(/Nc1cc2cc(-c3cnc(N)s3)ccc2cn1)c1ccnc(N2CCN(CCF)CC2)c1. The lowest BCUT2D eigenvalue weighted by molar-refractivity contribution is 0.235. The van der Waals surface area contributed by atoms with Gasteiger partial charge in [-0.05, 0) is 42.1 Å². The van der Waals surface area contributed by atoms with Crippen molar-refractivity contribution >= 4 is 44.6 Å². The number of hydrogen-bond donors (Lipinski definition) is 2. The highest BCUT2D eigenvalue weighted by Gasteiger charge is 2.18. The maximum Gasteiger partial charge on any atom is 0.180 e. The topological polar surface area (TPSA) is 83.2 Å². The molecule has 0 radical (unpaired) electrons. The van der Waals surface area contributed by atoms with Crippen LogP contribution in [0.25, 0.3) is 26.9 Å². The number of thiazole rings is 1. The number of aromatic nitrogens is 3. The standard InChI is InChI=1S/C26H28FN7S/c1-2-22(18-5-7-29-25(15-18)34-11-9-33(8-6-27)10-12-34)32-24-14-21-13-19(3-4-20(21)16-30-24)23-17-31-26(28)35-23/h2-5,7,13-17H,6,8-12H2,1H3,(H2,28,31)(H,30,32)/b22-2+. The van der Waals surface area contributed by atoms with Crippen LogP contribution in [0.2, 0.25) is 0 Å². The van der Waals surface area contributed by atoms with E-state index >= 15 is 0 Å². The number of nitrogens with one attached hydrogen (secondary N) is 1. The molecule has 0 spiro atoms. The fraction of sp³-hybridized carbons (Fsp3) is 0.269. The quantitative estimate of drug-likeness (QED) is 0.382. The number of nitrogen functional groups attached to an aromatic ring is 1. The van der Waals surface area contributed by atoms with E-state index in [0.717, 1.165) is 70.3 Å². The molecule has 0 saturated carbocycles. The van der Waals surface area contributed by atoms with Crippen LogP contribution in [0, 0.1) is 0 Å². The first-order valence-electron chi connectivity index (χ1n) is 11.7. The summed E-state index contributed by atoms with van der Waals surface area (Å²) in [4.78, 5) is 18.8. The summed E-state index contributed by atoms with van der Waals surface area (Å²) in [5.74, 6) is 1.70. The Morgan fingerprint density at radius 3 is 2.66 bits per heavy atom. The minimum atomic E-state index is -0.298. The van der Waals surface area contributed by atoms with Gasteiger partial charge in [0.15, 0.2) is 5.13 Å². The van der Waals surface area contributed by atoms with Crippen molar-refractivity contribution in [2.45, 2.75) is 6.92 Å². The average molecular weight is 490 g/mol. The summed E-state index contributed by atoms with van der Waals surface area (Å²) in [6.07, 6.45) is 7.57. The summed E-state index contributed by atoms with van der Waals surface area (Å²) in [5.41, 5.74) is 8.90. The first-order chi connectivity index (χ1) is 17.1. The third-order valence-corrected chi connectivity index (χ3v) is 7.11. The van der Waals surface area contributed by atoms with Crippen molar-refractivity contribution in [1.82, 2.24) is 19.9 Å². The van der Waals surface area contributed by atoms with Crippen LogP contribution in [0.15, 0.2) is 61.1 Å². The molecule has 9 heteroatoms. The molecule has 1 saturated heterocycles. The number of fused-ring (bicyclic) bond motifs is 1. The van der Waals surface area contributed by atoms with Gasteiger partial charge < -0.3 is 16.0 Å². The lowest BCUT2D eigenvalue weighted by atomic mass is 10.1. The average Bonchev–Trinajstić information content (AvgIpc) is 3.34. The molecule has 1 fully saturated rings. The predicted octanol–water partition coefficient (Wildman–Crippen LogP) is 4.90. The summed E-state index contributed by atoms with van der Waals surface area (Å²) in [6, 6.07) is 12.4. The Morgan fingerprint density at radius 1 is 1.06 bits per heavy atom. The Labute approximate surface area is 208 Å². The Morgan fingerprint density at radius 2 is 1.91 bits per heavy atom. The molecule has 0 amide bonds. The molecule has 3 aromatic heterocycles. The lowest BCUT2D eigenvalue weighted by Gasteiger charge is -2.35. The van der Waals surface area contributed by atoms with E-state index in [1.807, 2.05) is 31.5 Å². The molecule has 0 bridgehead atoms. The molecule has 35 heavy (non-hydrogen) atoms. The number of nitrogens with two attached hydrogens (primary N) is 1. The van der Waals surface area contributed by atoms with E-state index < -0.39 is 0 Å². The predicted molar refractivity (Wildman–Crippen MR) is 143 cm³/mol. The second-order valence-corrected chi connectivity index (χ2v) is 9.50. The summed E-state index contributed by atoms with van der Waals surface area (Å²) in [7, 11) is 0. The van der Waals surface area contributed by atoms with E-state index in [0.29, 0.717) is 11.7 Å². The molecule has 1 aliphatic heterocycles. The third-order valence-electron chi connectivity index (χ3n) is 6.23. The number of pyridine rings is 2. The van der Waals surface area contributed by atoms with Crippen molar-refractivity contribution in [1.29, 1.82) is 0 Å². The monoisotopic (exact) mass is 489 g/mol.